The molecule has 186 valence electrons. The number of hydrogen-bond acceptors (Lipinski definition) is 5. The Morgan fingerprint density at radius 3 is 2.16 bits per heavy atom. The highest BCUT2D eigenvalue weighted by molar-refractivity contribution is 6.22. The minimum atomic E-state index is -0.707. The van der Waals surface area contributed by atoms with Gasteiger partial charge in [0.25, 0.3) is 0 Å². The van der Waals surface area contributed by atoms with Crippen LogP contribution in [0.25, 0.3) is 0 Å². The standard InChI is InChI=1S/C30H24FNO5/c31-21-10-6-18(7-11-21)25(33)16-37-30(36)19-8-12-22(13-9-19)32-28(34)26-20-14-23(17-4-2-1-3-5-17)24(15-20)27(26)29(32)35/h1-13,20,23-24,26-27H,14-16H2/t20-,23-,24+,26+,27-/m0/s1. The Morgan fingerprint density at radius 1 is 0.811 bits per heavy atom. The van der Waals surface area contributed by atoms with E-state index in [0.717, 1.165) is 25.0 Å². The molecule has 3 aromatic carbocycles. The smallest absolute Gasteiger partial charge is 0.338 e. The largest absolute Gasteiger partial charge is 0.454 e. The second kappa shape index (κ2) is 9.07. The summed E-state index contributed by atoms with van der Waals surface area (Å²) < 4.78 is 18.1. The lowest BCUT2D eigenvalue weighted by Crippen LogP contribution is -2.33. The molecule has 37 heavy (non-hydrogen) atoms. The van der Waals surface area contributed by atoms with Gasteiger partial charge in [-0.05, 0) is 84.7 Å². The van der Waals surface area contributed by atoms with Crippen LogP contribution in [0.3, 0.4) is 0 Å². The van der Waals surface area contributed by atoms with Crippen LogP contribution in [0.4, 0.5) is 10.1 Å². The summed E-state index contributed by atoms with van der Waals surface area (Å²) in [6.07, 6.45) is 1.83. The third-order valence-electron chi connectivity index (χ3n) is 8.11. The van der Waals surface area contributed by atoms with E-state index in [2.05, 4.69) is 12.1 Å². The van der Waals surface area contributed by atoms with E-state index in [4.69, 9.17) is 4.74 Å². The number of rotatable bonds is 6. The van der Waals surface area contributed by atoms with Gasteiger partial charge in [0.15, 0.2) is 12.4 Å². The summed E-state index contributed by atoms with van der Waals surface area (Å²) in [7, 11) is 0. The van der Waals surface area contributed by atoms with Gasteiger partial charge < -0.3 is 4.74 Å². The zero-order valence-corrected chi connectivity index (χ0v) is 19.9. The van der Waals surface area contributed by atoms with Crippen molar-refractivity contribution in [2.45, 2.75) is 18.8 Å². The number of halogens is 1. The fraction of sp³-hybridized carbons (Fsp3) is 0.267. The number of hydrogen-bond donors (Lipinski definition) is 0. The first-order valence-corrected chi connectivity index (χ1v) is 12.4. The molecule has 2 saturated carbocycles. The van der Waals surface area contributed by atoms with Gasteiger partial charge in [0, 0.05) is 5.56 Å². The average molecular weight is 498 g/mol. The summed E-state index contributed by atoms with van der Waals surface area (Å²) in [6, 6.07) is 21.3. The van der Waals surface area contributed by atoms with E-state index in [1.54, 1.807) is 12.1 Å². The Hall–Kier alpha value is -4.13. The SMILES string of the molecule is O=C(COC(=O)c1ccc(N2C(=O)[C@@H]3[C@@H]4C[C@@H]([C@@H]3C2=O)[C@H](c2ccccc2)C4)cc1)c1ccc(F)cc1. The van der Waals surface area contributed by atoms with Crippen LogP contribution in [0, 0.1) is 29.5 Å². The lowest BCUT2D eigenvalue weighted by molar-refractivity contribution is -0.123. The van der Waals surface area contributed by atoms with Crippen LogP contribution in [-0.4, -0.2) is 30.2 Å². The van der Waals surface area contributed by atoms with Gasteiger partial charge in [-0.15, -0.1) is 0 Å². The number of carbonyl (C=O) groups is 4. The van der Waals surface area contributed by atoms with Crippen LogP contribution in [0.5, 0.6) is 0 Å². The molecule has 2 amide bonds. The van der Waals surface area contributed by atoms with Gasteiger partial charge in [-0.25, -0.2) is 9.18 Å². The van der Waals surface area contributed by atoms with Crippen molar-refractivity contribution < 1.29 is 28.3 Å². The number of anilines is 1. The minimum absolute atomic E-state index is 0.158. The third kappa shape index (κ3) is 3.95. The van der Waals surface area contributed by atoms with Gasteiger partial charge in [0.05, 0.1) is 23.1 Å². The van der Waals surface area contributed by atoms with Gasteiger partial charge >= 0.3 is 5.97 Å². The fourth-order valence-corrected chi connectivity index (χ4v) is 6.48. The van der Waals surface area contributed by atoms with E-state index < -0.39 is 24.2 Å². The number of esters is 1. The predicted molar refractivity (Wildman–Crippen MR) is 132 cm³/mol. The summed E-state index contributed by atoms with van der Waals surface area (Å²) in [6.45, 7) is -0.482. The van der Waals surface area contributed by atoms with Crippen molar-refractivity contribution >= 4 is 29.3 Å². The third-order valence-corrected chi connectivity index (χ3v) is 8.11. The maximum atomic E-state index is 13.5. The Labute approximate surface area is 213 Å². The molecule has 0 aromatic heterocycles. The molecule has 0 N–H and O–H groups in total. The topological polar surface area (TPSA) is 80.8 Å². The molecule has 1 heterocycles. The maximum absolute atomic E-state index is 13.5. The van der Waals surface area contributed by atoms with Crippen molar-refractivity contribution in [2.24, 2.45) is 23.7 Å². The molecular weight excluding hydrogens is 473 g/mol. The van der Waals surface area contributed by atoms with Crippen LogP contribution >= 0.6 is 0 Å². The number of carbonyl (C=O) groups excluding carboxylic acids is 4. The molecule has 7 heteroatoms. The monoisotopic (exact) mass is 497 g/mol. The molecule has 0 unspecified atom stereocenters. The summed E-state index contributed by atoms with van der Waals surface area (Å²) in [5.74, 6) is -1.87. The molecular formula is C30H24FNO5. The number of amides is 2. The number of nitrogens with zero attached hydrogens (tertiary/aromatic N) is 1. The first-order chi connectivity index (χ1) is 17.9. The van der Waals surface area contributed by atoms with E-state index in [1.807, 2.05) is 18.2 Å². The highest BCUT2D eigenvalue weighted by Crippen LogP contribution is 2.61. The number of ether oxygens (including phenoxy) is 1. The molecule has 2 bridgehead atoms. The normalized spacial score (nSPS) is 25.9. The zero-order chi connectivity index (χ0) is 25.7. The molecule has 3 aliphatic rings. The molecule has 3 fully saturated rings. The summed E-state index contributed by atoms with van der Waals surface area (Å²) in [4.78, 5) is 52.7. The van der Waals surface area contributed by atoms with E-state index in [9.17, 15) is 23.6 Å². The molecule has 1 saturated heterocycles. The molecule has 6 rings (SSSR count). The highest BCUT2D eigenvalue weighted by atomic mass is 19.1. The van der Waals surface area contributed by atoms with Crippen molar-refractivity contribution in [1.29, 1.82) is 0 Å². The summed E-state index contributed by atoms with van der Waals surface area (Å²) in [5, 5.41) is 0. The first kappa shape index (κ1) is 23.3. The van der Waals surface area contributed by atoms with Crippen LogP contribution in [0.1, 0.15) is 45.0 Å². The zero-order valence-electron chi connectivity index (χ0n) is 19.9. The minimum Gasteiger partial charge on any atom is -0.454 e. The van der Waals surface area contributed by atoms with Crippen LogP contribution in [0.15, 0.2) is 78.9 Å². The molecule has 6 nitrogen and oxygen atoms in total. The Balaban J connectivity index is 1.13. The van der Waals surface area contributed by atoms with E-state index >= 15 is 0 Å². The fourth-order valence-electron chi connectivity index (χ4n) is 6.48. The van der Waals surface area contributed by atoms with E-state index in [1.165, 1.54) is 34.7 Å². The molecule has 3 aromatic rings. The lowest BCUT2D eigenvalue weighted by atomic mass is 9.73. The quantitative estimate of drug-likeness (QED) is 0.278. The molecule has 5 atom stereocenters. The molecule has 0 radical (unpaired) electrons. The maximum Gasteiger partial charge on any atom is 0.338 e. The van der Waals surface area contributed by atoms with Crippen molar-refractivity contribution in [2.75, 3.05) is 11.5 Å². The van der Waals surface area contributed by atoms with E-state index in [-0.39, 0.29) is 46.6 Å². The van der Waals surface area contributed by atoms with Gasteiger partial charge in [0.1, 0.15) is 5.82 Å². The van der Waals surface area contributed by atoms with Crippen molar-refractivity contribution in [1.82, 2.24) is 0 Å². The molecule has 2 aliphatic carbocycles. The van der Waals surface area contributed by atoms with Gasteiger partial charge in [0.2, 0.25) is 11.8 Å². The summed E-state index contributed by atoms with van der Waals surface area (Å²) >= 11 is 0. The Morgan fingerprint density at radius 2 is 1.46 bits per heavy atom. The number of ketones is 1. The summed E-state index contributed by atoms with van der Waals surface area (Å²) in [5.41, 5.74) is 2.09. The Bertz CT molecular complexity index is 1390. The predicted octanol–water partition coefficient (Wildman–Crippen LogP) is 4.79. The van der Waals surface area contributed by atoms with Crippen LogP contribution in [0.2, 0.25) is 0 Å². The number of Topliss-reactive ketones (excluding diaryl/α,β-unsaturated/α-hetero) is 1. The van der Waals surface area contributed by atoms with Gasteiger partial charge in [-0.2, -0.15) is 0 Å². The lowest BCUT2D eigenvalue weighted by Gasteiger charge is -2.28. The van der Waals surface area contributed by atoms with Crippen LogP contribution < -0.4 is 4.90 Å². The number of fused-ring (bicyclic) bond motifs is 5. The van der Waals surface area contributed by atoms with Crippen molar-refractivity contribution in [3.8, 4) is 0 Å². The molecule has 1 aliphatic heterocycles. The number of benzene rings is 3. The van der Waals surface area contributed by atoms with Gasteiger partial charge in [-0.1, -0.05) is 30.3 Å². The highest BCUT2D eigenvalue weighted by Gasteiger charge is 2.64. The second-order valence-electron chi connectivity index (χ2n) is 10.0. The average Bonchev–Trinajstić information content (AvgIpc) is 3.59. The second-order valence-corrected chi connectivity index (χ2v) is 10.0. The Kier molecular flexibility index (Phi) is 5.71. The van der Waals surface area contributed by atoms with Gasteiger partial charge in [-0.3, -0.25) is 19.3 Å². The van der Waals surface area contributed by atoms with Crippen molar-refractivity contribution in [3.63, 3.8) is 0 Å². The molecule has 0 spiro atoms. The van der Waals surface area contributed by atoms with E-state index in [0.29, 0.717) is 11.6 Å². The van der Waals surface area contributed by atoms with Crippen molar-refractivity contribution in [3.05, 3.63) is 101 Å². The first-order valence-electron chi connectivity index (χ1n) is 12.4. The number of imide groups is 1. The van der Waals surface area contributed by atoms with Crippen LogP contribution in [-0.2, 0) is 14.3 Å².